The highest BCUT2D eigenvalue weighted by molar-refractivity contribution is 5.19. The summed E-state index contributed by atoms with van der Waals surface area (Å²) in [5.41, 5.74) is 3.29. The van der Waals surface area contributed by atoms with Gasteiger partial charge >= 0.3 is 0 Å². The maximum Gasteiger partial charge on any atom is 0.0390 e. The molecule has 0 bridgehead atoms. The van der Waals surface area contributed by atoms with Crippen LogP contribution in [0.1, 0.15) is 24.5 Å². The van der Waals surface area contributed by atoms with E-state index in [9.17, 15) is 0 Å². The molecule has 2 saturated heterocycles. The molecule has 0 aliphatic carbocycles. The van der Waals surface area contributed by atoms with Crippen molar-refractivity contribution in [3.05, 3.63) is 71.8 Å². The standard InChI is InChI=1S/C21H26N2/c1-18-14-23(16-20-10-6-3-7-11-20)21(18)12-13-22(17-21)15-19-8-4-2-5-9-19/h2-11,18H,12-17H2,1H3/t18-,21-/m0/s1. The van der Waals surface area contributed by atoms with Crippen molar-refractivity contribution < 1.29 is 0 Å². The van der Waals surface area contributed by atoms with Crippen molar-refractivity contribution in [3.8, 4) is 0 Å². The molecule has 4 rings (SSSR count). The van der Waals surface area contributed by atoms with Gasteiger partial charge in [0.25, 0.3) is 0 Å². The molecule has 2 heterocycles. The third-order valence-electron chi connectivity index (χ3n) is 5.86. The second-order valence-corrected chi connectivity index (χ2v) is 7.32. The number of hydrogen-bond acceptors (Lipinski definition) is 2. The molecule has 2 heteroatoms. The van der Waals surface area contributed by atoms with E-state index in [0.29, 0.717) is 5.54 Å². The molecule has 0 saturated carbocycles. The summed E-state index contributed by atoms with van der Waals surface area (Å²) in [5.74, 6) is 0.812. The number of nitrogens with zero attached hydrogens (tertiary/aromatic N) is 2. The molecular weight excluding hydrogens is 280 g/mol. The maximum absolute atomic E-state index is 2.72. The van der Waals surface area contributed by atoms with E-state index in [2.05, 4.69) is 77.4 Å². The van der Waals surface area contributed by atoms with E-state index in [0.717, 1.165) is 19.0 Å². The van der Waals surface area contributed by atoms with Crippen molar-refractivity contribution in [2.45, 2.75) is 32.0 Å². The summed E-state index contributed by atoms with van der Waals surface area (Å²) in [7, 11) is 0. The molecule has 0 unspecified atom stereocenters. The van der Waals surface area contributed by atoms with Gasteiger partial charge in [0.15, 0.2) is 0 Å². The second kappa shape index (κ2) is 6.10. The molecule has 2 aromatic carbocycles. The normalized spacial score (nSPS) is 28.1. The summed E-state index contributed by atoms with van der Waals surface area (Å²) in [4.78, 5) is 5.36. The molecule has 0 aromatic heterocycles. The largest absolute Gasteiger partial charge is 0.297 e. The van der Waals surface area contributed by atoms with Crippen LogP contribution in [0.5, 0.6) is 0 Å². The average Bonchev–Trinajstić information content (AvgIpc) is 3.04. The summed E-state index contributed by atoms with van der Waals surface area (Å²) < 4.78 is 0. The number of likely N-dealkylation sites (tertiary alicyclic amines) is 2. The molecule has 0 amide bonds. The highest BCUT2D eigenvalue weighted by Crippen LogP contribution is 2.44. The lowest BCUT2D eigenvalue weighted by molar-refractivity contribution is -0.0726. The molecule has 2 aromatic rings. The van der Waals surface area contributed by atoms with E-state index in [1.54, 1.807) is 0 Å². The summed E-state index contributed by atoms with van der Waals surface area (Å²) >= 11 is 0. The fraction of sp³-hybridized carbons (Fsp3) is 0.429. The van der Waals surface area contributed by atoms with E-state index in [4.69, 9.17) is 0 Å². The molecule has 23 heavy (non-hydrogen) atoms. The molecule has 2 aliphatic rings. The van der Waals surface area contributed by atoms with E-state index in [1.807, 2.05) is 0 Å². The fourth-order valence-corrected chi connectivity index (χ4v) is 4.44. The Kier molecular flexibility index (Phi) is 3.96. The minimum Gasteiger partial charge on any atom is -0.297 e. The highest BCUT2D eigenvalue weighted by Gasteiger charge is 2.53. The van der Waals surface area contributed by atoms with Crippen molar-refractivity contribution in [3.63, 3.8) is 0 Å². The Hall–Kier alpha value is -1.64. The van der Waals surface area contributed by atoms with Crippen LogP contribution in [0, 0.1) is 5.92 Å². The van der Waals surface area contributed by atoms with Crippen LogP contribution in [0.2, 0.25) is 0 Å². The van der Waals surface area contributed by atoms with Crippen LogP contribution >= 0.6 is 0 Å². The summed E-state index contributed by atoms with van der Waals surface area (Å²) in [6.07, 6.45) is 1.31. The van der Waals surface area contributed by atoms with Gasteiger partial charge in [-0.05, 0) is 23.5 Å². The molecular formula is C21H26N2. The Morgan fingerprint density at radius 1 is 0.913 bits per heavy atom. The Morgan fingerprint density at radius 2 is 1.52 bits per heavy atom. The van der Waals surface area contributed by atoms with Gasteiger partial charge in [0, 0.05) is 38.3 Å². The van der Waals surface area contributed by atoms with E-state index >= 15 is 0 Å². The summed E-state index contributed by atoms with van der Waals surface area (Å²) in [6.45, 7) is 8.32. The van der Waals surface area contributed by atoms with E-state index < -0.39 is 0 Å². The van der Waals surface area contributed by atoms with Crippen LogP contribution in [0.25, 0.3) is 0 Å². The molecule has 0 radical (unpaired) electrons. The highest BCUT2D eigenvalue weighted by atomic mass is 15.3. The van der Waals surface area contributed by atoms with Gasteiger partial charge in [-0.15, -0.1) is 0 Å². The third kappa shape index (κ3) is 2.82. The van der Waals surface area contributed by atoms with Crippen LogP contribution in [-0.4, -0.2) is 35.0 Å². The van der Waals surface area contributed by atoms with Crippen molar-refractivity contribution in [2.24, 2.45) is 5.92 Å². The SMILES string of the molecule is C[C@H]1CN(Cc2ccccc2)[C@]12CCN(Cc1ccccc1)C2. The van der Waals surface area contributed by atoms with Crippen LogP contribution in [-0.2, 0) is 13.1 Å². The lowest BCUT2D eigenvalue weighted by atomic mass is 9.74. The van der Waals surface area contributed by atoms with Gasteiger partial charge in [-0.2, -0.15) is 0 Å². The summed E-state index contributed by atoms with van der Waals surface area (Å²) in [6, 6.07) is 21.8. The van der Waals surface area contributed by atoms with Crippen LogP contribution in [0.4, 0.5) is 0 Å². The van der Waals surface area contributed by atoms with Crippen LogP contribution < -0.4 is 0 Å². The van der Waals surface area contributed by atoms with Crippen molar-refractivity contribution in [1.29, 1.82) is 0 Å². The Morgan fingerprint density at radius 3 is 2.13 bits per heavy atom. The molecule has 0 N–H and O–H groups in total. The van der Waals surface area contributed by atoms with Gasteiger partial charge in [0.1, 0.15) is 0 Å². The van der Waals surface area contributed by atoms with Crippen molar-refractivity contribution in [1.82, 2.24) is 9.80 Å². The van der Waals surface area contributed by atoms with Gasteiger partial charge in [-0.25, -0.2) is 0 Å². The van der Waals surface area contributed by atoms with Crippen molar-refractivity contribution >= 4 is 0 Å². The minimum atomic E-state index is 0.407. The third-order valence-corrected chi connectivity index (χ3v) is 5.86. The first kappa shape index (κ1) is 14.9. The Balaban J connectivity index is 1.43. The topological polar surface area (TPSA) is 6.48 Å². The lowest BCUT2D eigenvalue weighted by Gasteiger charge is -2.56. The second-order valence-electron chi connectivity index (χ2n) is 7.32. The first-order chi connectivity index (χ1) is 11.3. The fourth-order valence-electron chi connectivity index (χ4n) is 4.44. The summed E-state index contributed by atoms with van der Waals surface area (Å²) in [5, 5.41) is 0. The first-order valence-corrected chi connectivity index (χ1v) is 8.81. The smallest absolute Gasteiger partial charge is 0.0390 e. The first-order valence-electron chi connectivity index (χ1n) is 8.81. The van der Waals surface area contributed by atoms with Gasteiger partial charge in [0.2, 0.25) is 0 Å². The van der Waals surface area contributed by atoms with Gasteiger partial charge < -0.3 is 0 Å². The Labute approximate surface area is 139 Å². The molecule has 1 spiro atoms. The zero-order valence-electron chi connectivity index (χ0n) is 14.0. The number of rotatable bonds is 4. The zero-order chi connectivity index (χ0) is 15.7. The predicted molar refractivity (Wildman–Crippen MR) is 95.1 cm³/mol. The zero-order valence-corrected chi connectivity index (χ0v) is 14.0. The monoisotopic (exact) mass is 306 g/mol. The number of hydrogen-bond donors (Lipinski definition) is 0. The molecule has 2 fully saturated rings. The van der Waals surface area contributed by atoms with Crippen molar-refractivity contribution in [2.75, 3.05) is 19.6 Å². The molecule has 2 nitrogen and oxygen atoms in total. The van der Waals surface area contributed by atoms with Gasteiger partial charge in [-0.3, -0.25) is 9.80 Å². The lowest BCUT2D eigenvalue weighted by Crippen LogP contribution is -2.66. The maximum atomic E-state index is 2.72. The predicted octanol–water partition coefficient (Wildman–Crippen LogP) is 3.78. The quantitative estimate of drug-likeness (QED) is 0.848. The number of benzene rings is 2. The average molecular weight is 306 g/mol. The van der Waals surface area contributed by atoms with Crippen LogP contribution in [0.3, 0.4) is 0 Å². The van der Waals surface area contributed by atoms with Gasteiger partial charge in [-0.1, -0.05) is 67.6 Å². The minimum absolute atomic E-state index is 0.407. The van der Waals surface area contributed by atoms with E-state index in [-0.39, 0.29) is 0 Å². The molecule has 120 valence electrons. The molecule has 2 aliphatic heterocycles. The van der Waals surface area contributed by atoms with Crippen LogP contribution in [0.15, 0.2) is 60.7 Å². The van der Waals surface area contributed by atoms with E-state index in [1.165, 1.54) is 37.2 Å². The molecule has 2 atom stereocenters. The Bertz CT molecular complexity index is 639. The van der Waals surface area contributed by atoms with Gasteiger partial charge in [0.05, 0.1) is 0 Å².